The second-order valence-corrected chi connectivity index (χ2v) is 7.02. The Kier molecular flexibility index (Phi) is 2.83. The molecule has 2 aromatic heterocycles. The van der Waals surface area contributed by atoms with Gasteiger partial charge in [0.1, 0.15) is 18.0 Å². The highest BCUT2D eigenvalue weighted by Gasteiger charge is 2.52. The first-order valence-corrected chi connectivity index (χ1v) is 8.30. The Labute approximate surface area is 134 Å². The van der Waals surface area contributed by atoms with Crippen LogP contribution in [0.15, 0.2) is 29.0 Å². The molecule has 0 unspecified atom stereocenters. The van der Waals surface area contributed by atoms with Crippen molar-refractivity contribution in [2.45, 2.75) is 31.5 Å². The third kappa shape index (κ3) is 2.02. The normalized spacial score (nSPS) is 31.3. The van der Waals surface area contributed by atoms with Gasteiger partial charge in [-0.3, -0.25) is 4.90 Å². The van der Waals surface area contributed by atoms with Gasteiger partial charge in [-0.25, -0.2) is 9.37 Å². The number of hydrogen-bond acceptors (Lipinski definition) is 4. The summed E-state index contributed by atoms with van der Waals surface area (Å²) < 4.78 is 24.2. The van der Waals surface area contributed by atoms with Gasteiger partial charge in [0.15, 0.2) is 0 Å². The molecule has 5 heteroatoms. The summed E-state index contributed by atoms with van der Waals surface area (Å²) in [5, 5.41) is 0. The maximum atomic E-state index is 12.7. The Morgan fingerprint density at radius 3 is 2.83 bits per heavy atom. The number of fused-ring (bicyclic) bond motifs is 3. The van der Waals surface area contributed by atoms with E-state index in [1.54, 1.807) is 18.5 Å². The molecule has 0 amide bonds. The van der Waals surface area contributed by atoms with Gasteiger partial charge < -0.3 is 9.15 Å². The fourth-order valence-electron chi connectivity index (χ4n) is 4.47. The zero-order valence-corrected chi connectivity index (χ0v) is 12.9. The summed E-state index contributed by atoms with van der Waals surface area (Å²) in [7, 11) is 0. The molecular formula is C18H19FN2O2. The lowest BCUT2D eigenvalue weighted by atomic mass is 9.73. The standard InChI is InChI=1S/C18H19FN2O2/c19-8-16-6-14(10-22-16)13-5-12-7-18(23-17(12)20-9-13)11-21-3-1-15(18)2-4-21/h5-6,9-10,15H,1-4,7-8,11H2/t18-/m0/s1. The molecule has 4 aliphatic heterocycles. The molecule has 0 N–H and O–H groups in total. The van der Waals surface area contributed by atoms with Crippen LogP contribution in [0.1, 0.15) is 24.2 Å². The fraction of sp³-hybridized carbons (Fsp3) is 0.500. The van der Waals surface area contributed by atoms with Crippen molar-refractivity contribution in [1.29, 1.82) is 0 Å². The molecule has 1 atom stereocenters. The van der Waals surface area contributed by atoms with Crippen LogP contribution < -0.4 is 4.74 Å². The second-order valence-electron chi connectivity index (χ2n) is 7.02. The lowest BCUT2D eigenvalue weighted by Crippen LogP contribution is -2.61. The number of hydrogen-bond donors (Lipinski definition) is 0. The largest absolute Gasteiger partial charge is 0.469 e. The lowest BCUT2D eigenvalue weighted by molar-refractivity contribution is -0.0814. The molecule has 0 aromatic carbocycles. The quantitative estimate of drug-likeness (QED) is 0.853. The third-order valence-electron chi connectivity index (χ3n) is 5.66. The van der Waals surface area contributed by atoms with E-state index in [-0.39, 0.29) is 5.60 Å². The molecule has 4 aliphatic rings. The Balaban J connectivity index is 1.47. The fourth-order valence-corrected chi connectivity index (χ4v) is 4.47. The van der Waals surface area contributed by atoms with Gasteiger partial charge in [-0.2, -0.15) is 0 Å². The molecule has 1 spiro atoms. The van der Waals surface area contributed by atoms with Crippen LogP contribution in [-0.4, -0.2) is 35.1 Å². The van der Waals surface area contributed by atoms with Crippen molar-refractivity contribution in [2.24, 2.45) is 5.92 Å². The molecule has 3 saturated heterocycles. The number of ether oxygens (including phenoxy) is 1. The van der Waals surface area contributed by atoms with Crippen molar-refractivity contribution in [3.63, 3.8) is 0 Å². The Morgan fingerprint density at radius 2 is 2.13 bits per heavy atom. The number of nitrogens with zero attached hydrogens (tertiary/aromatic N) is 2. The summed E-state index contributed by atoms with van der Waals surface area (Å²) in [5.74, 6) is 1.76. The highest BCUT2D eigenvalue weighted by atomic mass is 19.1. The topological polar surface area (TPSA) is 38.5 Å². The van der Waals surface area contributed by atoms with Crippen molar-refractivity contribution in [3.05, 3.63) is 35.9 Å². The van der Waals surface area contributed by atoms with Crippen LogP contribution in [0.3, 0.4) is 0 Å². The Bertz CT molecular complexity index is 751. The van der Waals surface area contributed by atoms with E-state index >= 15 is 0 Å². The Hall–Kier alpha value is -1.88. The molecule has 6 rings (SSSR count). The number of aromatic nitrogens is 1. The molecular weight excluding hydrogens is 295 g/mol. The van der Waals surface area contributed by atoms with Crippen LogP contribution in [-0.2, 0) is 13.1 Å². The summed E-state index contributed by atoms with van der Waals surface area (Å²) in [5.41, 5.74) is 2.93. The van der Waals surface area contributed by atoms with Gasteiger partial charge >= 0.3 is 0 Å². The van der Waals surface area contributed by atoms with E-state index in [9.17, 15) is 4.39 Å². The zero-order valence-electron chi connectivity index (χ0n) is 12.9. The number of furan rings is 1. The van der Waals surface area contributed by atoms with E-state index in [0.717, 1.165) is 30.0 Å². The zero-order chi connectivity index (χ0) is 15.4. The first-order chi connectivity index (χ1) is 11.3. The van der Waals surface area contributed by atoms with Crippen LogP contribution in [0, 0.1) is 5.92 Å². The van der Waals surface area contributed by atoms with Crippen molar-refractivity contribution >= 4 is 0 Å². The van der Waals surface area contributed by atoms with Gasteiger partial charge in [-0.15, -0.1) is 0 Å². The number of piperidine rings is 3. The summed E-state index contributed by atoms with van der Waals surface area (Å²) in [6, 6.07) is 3.87. The summed E-state index contributed by atoms with van der Waals surface area (Å²) in [6.45, 7) is 2.83. The molecule has 0 saturated carbocycles. The molecule has 3 fully saturated rings. The number of alkyl halides is 1. The van der Waals surface area contributed by atoms with Gasteiger partial charge in [-0.1, -0.05) is 0 Å². The van der Waals surface area contributed by atoms with Crippen molar-refractivity contribution in [3.8, 4) is 17.0 Å². The minimum atomic E-state index is -0.581. The molecule has 23 heavy (non-hydrogen) atoms. The Morgan fingerprint density at radius 1 is 1.26 bits per heavy atom. The summed E-state index contributed by atoms with van der Waals surface area (Å²) >= 11 is 0. The van der Waals surface area contributed by atoms with Crippen molar-refractivity contribution in [2.75, 3.05) is 19.6 Å². The highest BCUT2D eigenvalue weighted by Crippen LogP contribution is 2.46. The third-order valence-corrected chi connectivity index (χ3v) is 5.66. The smallest absolute Gasteiger partial charge is 0.217 e. The van der Waals surface area contributed by atoms with Gasteiger partial charge in [0, 0.05) is 41.8 Å². The number of rotatable bonds is 2. The van der Waals surface area contributed by atoms with Crippen LogP contribution in [0.5, 0.6) is 5.88 Å². The SMILES string of the molecule is FCc1cc(-c2cnc3c(c2)C[C@@]2(CN4CCC2CC4)O3)co1. The van der Waals surface area contributed by atoms with Crippen molar-refractivity contribution < 1.29 is 13.5 Å². The molecule has 6 heterocycles. The monoisotopic (exact) mass is 314 g/mol. The van der Waals surface area contributed by atoms with Gasteiger partial charge in [0.2, 0.25) is 5.88 Å². The van der Waals surface area contributed by atoms with E-state index in [1.807, 2.05) is 0 Å². The van der Waals surface area contributed by atoms with E-state index in [2.05, 4.69) is 16.0 Å². The lowest BCUT2D eigenvalue weighted by Gasteiger charge is -2.50. The van der Waals surface area contributed by atoms with Crippen LogP contribution in [0.2, 0.25) is 0 Å². The molecule has 0 radical (unpaired) electrons. The minimum Gasteiger partial charge on any atom is -0.469 e. The van der Waals surface area contributed by atoms with Gasteiger partial charge in [-0.05, 0) is 38.1 Å². The molecule has 2 bridgehead atoms. The highest BCUT2D eigenvalue weighted by molar-refractivity contribution is 5.64. The first kappa shape index (κ1) is 13.5. The molecule has 0 aliphatic carbocycles. The maximum Gasteiger partial charge on any atom is 0.217 e. The van der Waals surface area contributed by atoms with Gasteiger partial charge in [0.25, 0.3) is 0 Å². The van der Waals surface area contributed by atoms with Crippen LogP contribution in [0.4, 0.5) is 4.39 Å². The minimum absolute atomic E-state index is 0.0784. The van der Waals surface area contributed by atoms with Crippen LogP contribution >= 0.6 is 0 Å². The number of pyridine rings is 1. The first-order valence-electron chi connectivity index (χ1n) is 8.30. The number of halogens is 1. The van der Waals surface area contributed by atoms with Crippen LogP contribution in [0.25, 0.3) is 11.1 Å². The second kappa shape index (κ2) is 4.81. The van der Waals surface area contributed by atoms with Crippen molar-refractivity contribution in [1.82, 2.24) is 9.88 Å². The summed E-state index contributed by atoms with van der Waals surface area (Å²) in [6.07, 6.45) is 6.77. The predicted octanol–water partition coefficient (Wildman–Crippen LogP) is 3.21. The van der Waals surface area contributed by atoms with E-state index in [1.165, 1.54) is 31.5 Å². The molecule has 4 nitrogen and oxygen atoms in total. The average molecular weight is 314 g/mol. The van der Waals surface area contributed by atoms with E-state index in [0.29, 0.717) is 11.7 Å². The molecule has 120 valence electrons. The average Bonchev–Trinajstić information content (AvgIpc) is 3.19. The van der Waals surface area contributed by atoms with Gasteiger partial charge in [0.05, 0.1) is 6.26 Å². The summed E-state index contributed by atoms with van der Waals surface area (Å²) in [4.78, 5) is 7.04. The molecule has 2 aromatic rings. The maximum absolute atomic E-state index is 12.7. The van der Waals surface area contributed by atoms with E-state index < -0.39 is 6.67 Å². The van der Waals surface area contributed by atoms with E-state index in [4.69, 9.17) is 9.15 Å². The predicted molar refractivity (Wildman–Crippen MR) is 83.0 cm³/mol.